The summed E-state index contributed by atoms with van der Waals surface area (Å²) in [5.74, 6) is -0.260. The lowest BCUT2D eigenvalue weighted by atomic mass is 9.87. The summed E-state index contributed by atoms with van der Waals surface area (Å²) in [5, 5.41) is -0.00778. The highest BCUT2D eigenvalue weighted by molar-refractivity contribution is 14.1. The van der Waals surface area contributed by atoms with E-state index in [2.05, 4.69) is 130 Å². The monoisotopic (exact) mass is 770 g/mol. The molecule has 0 saturated carbocycles. The third-order valence-corrected chi connectivity index (χ3v) is 24.5. The van der Waals surface area contributed by atoms with Gasteiger partial charge in [0.15, 0.2) is 25.0 Å². The van der Waals surface area contributed by atoms with Crippen LogP contribution in [0.25, 0.3) is 0 Å². The number of carbonyl (C=O) groups excluding carboxylic acids is 1. The van der Waals surface area contributed by atoms with Gasteiger partial charge in [0, 0.05) is 0 Å². The second-order valence-corrected chi connectivity index (χ2v) is 32.1. The average Bonchev–Trinajstić information content (AvgIpc) is 2.82. The number of hydrogen-bond donors (Lipinski definition) is 0. The fraction of sp³-hybridized carbons (Fsp3) is 0.906. The smallest absolute Gasteiger partial charge is 0.308 e. The second-order valence-electron chi connectivity index (χ2n) is 17.1. The summed E-state index contributed by atoms with van der Waals surface area (Å²) < 4.78 is 42.8. The van der Waals surface area contributed by atoms with E-state index in [0.29, 0.717) is 0 Å². The van der Waals surface area contributed by atoms with Crippen molar-refractivity contribution in [3.63, 3.8) is 0 Å². The number of fused-ring (bicyclic) bond motifs is 1. The number of halogens is 1. The Morgan fingerprint density at radius 1 is 0.814 bits per heavy atom. The third kappa shape index (κ3) is 9.71. The minimum atomic E-state index is -2.31. The molecule has 2 saturated heterocycles. The summed E-state index contributed by atoms with van der Waals surface area (Å²) in [6.45, 7) is 34.1. The van der Waals surface area contributed by atoms with Gasteiger partial charge in [-0.15, -0.1) is 0 Å². The lowest BCUT2D eigenvalue weighted by Crippen LogP contribution is -2.69. The van der Waals surface area contributed by atoms with Gasteiger partial charge < -0.3 is 27.5 Å². The van der Waals surface area contributed by atoms with Crippen molar-refractivity contribution in [1.29, 1.82) is 0 Å². The molecule has 252 valence electrons. The Labute approximate surface area is 280 Å². The van der Waals surface area contributed by atoms with E-state index >= 15 is 0 Å². The van der Waals surface area contributed by atoms with Gasteiger partial charge in [0.2, 0.25) is 0 Å². The maximum atomic E-state index is 12.3. The van der Waals surface area contributed by atoms with Gasteiger partial charge in [0.05, 0.1) is 31.8 Å². The molecule has 7 nitrogen and oxygen atoms in total. The Morgan fingerprint density at radius 2 is 1.30 bits per heavy atom. The van der Waals surface area contributed by atoms with Crippen LogP contribution in [0.2, 0.25) is 54.4 Å². The summed E-state index contributed by atoms with van der Waals surface area (Å²) in [4.78, 5) is 12.3. The molecule has 0 N–H and O–H groups in total. The Morgan fingerprint density at radius 3 is 1.74 bits per heavy atom. The molecule has 2 aliphatic heterocycles. The molecule has 4 unspecified atom stereocenters. The first-order valence-electron chi connectivity index (χ1n) is 16.0. The van der Waals surface area contributed by atoms with Crippen molar-refractivity contribution >= 4 is 53.5 Å². The van der Waals surface area contributed by atoms with Crippen molar-refractivity contribution in [2.45, 2.75) is 179 Å². The molecule has 0 aromatic rings. The fourth-order valence-corrected chi connectivity index (χ4v) is 9.03. The zero-order valence-electron chi connectivity index (χ0n) is 30.1. The number of rotatable bonds is 10. The molecule has 2 rings (SSSR count). The van der Waals surface area contributed by atoms with Crippen molar-refractivity contribution in [1.82, 2.24) is 0 Å². The number of ether oxygens (including phenoxy) is 3. The van der Waals surface area contributed by atoms with Crippen molar-refractivity contribution in [3.05, 3.63) is 10.2 Å². The molecule has 2 aliphatic rings. The van der Waals surface area contributed by atoms with Crippen molar-refractivity contribution in [2.24, 2.45) is 0 Å². The van der Waals surface area contributed by atoms with E-state index < -0.39 is 31.1 Å². The highest BCUT2D eigenvalue weighted by Crippen LogP contribution is 2.47. The maximum Gasteiger partial charge on any atom is 0.308 e. The number of methoxy groups -OCH3 is 1. The van der Waals surface area contributed by atoms with Crippen molar-refractivity contribution < 1.29 is 32.3 Å². The van der Waals surface area contributed by atoms with E-state index in [0.717, 1.165) is 12.8 Å². The molecular weight excluding hydrogens is 708 g/mol. The molecule has 0 aromatic heterocycles. The second kappa shape index (κ2) is 14.2. The van der Waals surface area contributed by atoms with Crippen LogP contribution in [0, 0.1) is 0 Å². The first-order chi connectivity index (χ1) is 19.3. The van der Waals surface area contributed by atoms with Crippen LogP contribution in [-0.4, -0.2) is 80.8 Å². The van der Waals surface area contributed by atoms with Crippen molar-refractivity contribution in [2.75, 3.05) is 7.11 Å². The van der Waals surface area contributed by atoms with Gasteiger partial charge in [0.25, 0.3) is 0 Å². The lowest BCUT2D eigenvalue weighted by Gasteiger charge is -2.56. The van der Waals surface area contributed by atoms with Gasteiger partial charge in [-0.05, 0) is 77.4 Å². The molecule has 0 aliphatic carbocycles. The van der Waals surface area contributed by atoms with Gasteiger partial charge >= 0.3 is 5.97 Å². The molecule has 7 atom stereocenters. The minimum absolute atomic E-state index is 0.0168. The molecule has 2 fully saturated rings. The molecule has 43 heavy (non-hydrogen) atoms. The first kappa shape index (κ1) is 39.6. The van der Waals surface area contributed by atoms with Crippen LogP contribution in [0.15, 0.2) is 10.2 Å². The summed E-state index contributed by atoms with van der Waals surface area (Å²) in [6.07, 6.45) is 1.61. The molecule has 0 spiro atoms. The molecule has 0 radical (unpaired) electrons. The summed E-state index contributed by atoms with van der Waals surface area (Å²) in [7, 11) is -5.36. The highest BCUT2D eigenvalue weighted by atomic mass is 127. The van der Waals surface area contributed by atoms with E-state index in [9.17, 15) is 4.79 Å². The van der Waals surface area contributed by atoms with E-state index in [1.165, 1.54) is 7.11 Å². The molecular formula is C32H63IO7Si3. The third-order valence-electron chi connectivity index (χ3n) is 10.7. The van der Waals surface area contributed by atoms with Crippen LogP contribution in [0.4, 0.5) is 0 Å². The zero-order valence-corrected chi connectivity index (χ0v) is 35.2. The first-order valence-corrected chi connectivity index (χ1v) is 25.9. The highest BCUT2D eigenvalue weighted by Gasteiger charge is 2.57. The van der Waals surface area contributed by atoms with E-state index in [4.69, 9.17) is 27.5 Å². The van der Waals surface area contributed by atoms with Gasteiger partial charge in [-0.25, -0.2) is 0 Å². The minimum Gasteiger partial charge on any atom is -0.469 e. The molecule has 0 bridgehead atoms. The maximum absolute atomic E-state index is 12.3. The van der Waals surface area contributed by atoms with Crippen LogP contribution in [-0.2, 0) is 32.3 Å². The van der Waals surface area contributed by atoms with Gasteiger partial charge in [-0.3, -0.25) is 4.79 Å². The largest absolute Gasteiger partial charge is 0.469 e. The van der Waals surface area contributed by atoms with Gasteiger partial charge in [0.1, 0.15) is 24.4 Å². The topological polar surface area (TPSA) is 72.5 Å². The van der Waals surface area contributed by atoms with Crippen LogP contribution < -0.4 is 0 Å². The van der Waals surface area contributed by atoms with Crippen LogP contribution in [0.5, 0.6) is 0 Å². The van der Waals surface area contributed by atoms with Crippen LogP contribution in [0.3, 0.4) is 0 Å². The Hall–Kier alpha value is 0.391. The molecule has 2 heterocycles. The number of carbonyl (C=O) groups is 1. The van der Waals surface area contributed by atoms with Crippen LogP contribution in [0.1, 0.15) is 81.6 Å². The van der Waals surface area contributed by atoms with E-state index in [1.54, 1.807) is 0 Å². The fourth-order valence-electron chi connectivity index (χ4n) is 4.77. The summed E-state index contributed by atoms with van der Waals surface area (Å²) in [6, 6.07) is 0. The molecule has 0 aromatic carbocycles. The normalized spacial score (nSPS) is 29.0. The van der Waals surface area contributed by atoms with E-state index in [1.807, 2.05) is 4.08 Å². The SMILES string of the molecule is COC(=O)C[C@H]1CC[C@@H]2OC(C(/C=C/I)O[Si](C)(C)C(C)(C)C)C(O[Si](C)(C)C(C)(C)C)C(O[Si](C)(C)C(C)(C)C)[C@H]2O1. The molecule has 0 amide bonds. The van der Waals surface area contributed by atoms with Crippen LogP contribution >= 0.6 is 22.6 Å². The summed E-state index contributed by atoms with van der Waals surface area (Å²) in [5.41, 5.74) is 0. The Balaban J connectivity index is 2.73. The quantitative estimate of drug-likeness (QED) is 0.125. The standard InChI is InChI=1S/C32H63IO7Si3/c1-30(2,3)41(11,12)38-24(19-20-33)27-29(40-43(15,16)32(7,8)9)28(39-42(13,14)31(4,5)6)26-23(37-27)18-17-22(36-26)21-25(34)35-10/h19-20,22-24,26-29H,17-18,21H2,1-16H3/b20-19+/t22-,23+,24?,26+,27?,28?,29?/m1/s1. The Kier molecular flexibility index (Phi) is 13.1. The summed E-state index contributed by atoms with van der Waals surface area (Å²) >= 11 is 2.29. The number of esters is 1. The van der Waals surface area contributed by atoms with Gasteiger partial charge in [-0.1, -0.05) is 84.9 Å². The lowest BCUT2D eigenvalue weighted by molar-refractivity contribution is -0.266. The number of hydrogen-bond acceptors (Lipinski definition) is 7. The van der Waals surface area contributed by atoms with Gasteiger partial charge in [-0.2, -0.15) is 0 Å². The molecule has 11 heteroatoms. The predicted molar refractivity (Wildman–Crippen MR) is 193 cm³/mol. The van der Waals surface area contributed by atoms with E-state index in [-0.39, 0.29) is 64.1 Å². The predicted octanol–water partition coefficient (Wildman–Crippen LogP) is 8.98. The average molecular weight is 771 g/mol. The zero-order chi connectivity index (χ0) is 33.4. The van der Waals surface area contributed by atoms with Crippen molar-refractivity contribution in [3.8, 4) is 0 Å². The Bertz CT molecular complexity index is 965.